The number of benzene rings is 2. The third kappa shape index (κ3) is 8.37. The molecule has 3 fully saturated rings. The van der Waals surface area contributed by atoms with Crippen molar-refractivity contribution in [2.45, 2.75) is 132 Å². The van der Waals surface area contributed by atoms with Crippen molar-refractivity contribution in [3.05, 3.63) is 70.1 Å². The van der Waals surface area contributed by atoms with E-state index in [1.165, 1.54) is 63.4 Å². The molecule has 3 saturated carbocycles. The van der Waals surface area contributed by atoms with Gasteiger partial charge in [-0.3, -0.25) is 4.79 Å². The molecule has 0 unspecified atom stereocenters. The fourth-order valence-corrected chi connectivity index (χ4v) is 11.3. The van der Waals surface area contributed by atoms with Crippen molar-refractivity contribution in [2.75, 3.05) is 13.2 Å². The molecule has 298 valence electrons. The summed E-state index contributed by atoms with van der Waals surface area (Å²) in [6.45, 7) is 16.4. The maximum absolute atomic E-state index is 13.3. The number of hydrogen-bond acceptors (Lipinski definition) is 7. The molecule has 3 aromatic rings. The highest BCUT2D eigenvalue weighted by molar-refractivity contribution is 5.80. The highest BCUT2D eigenvalue weighted by Gasteiger charge is 2.56. The summed E-state index contributed by atoms with van der Waals surface area (Å²) in [5, 5.41) is 0.368. The number of esters is 1. The Morgan fingerprint density at radius 3 is 2.44 bits per heavy atom. The highest BCUT2D eigenvalue weighted by atomic mass is 16.6. The Bertz CT molecular complexity index is 1910. The monoisotopic (exact) mass is 752 g/mol. The summed E-state index contributed by atoms with van der Waals surface area (Å²) in [4.78, 5) is 26.4. The third-order valence-corrected chi connectivity index (χ3v) is 14.4. The number of ether oxygens (including phenoxy) is 4. The second-order valence-corrected chi connectivity index (χ2v) is 18.4. The molecule has 8 atom stereocenters. The molecule has 0 N–H and O–H groups in total. The van der Waals surface area contributed by atoms with Crippen molar-refractivity contribution in [2.24, 2.45) is 46.3 Å². The quantitative estimate of drug-likeness (QED) is 0.127. The van der Waals surface area contributed by atoms with Crippen LogP contribution in [0.2, 0.25) is 0 Å². The van der Waals surface area contributed by atoms with Gasteiger partial charge in [0, 0.05) is 12.5 Å². The maximum atomic E-state index is 13.3. The molecule has 0 aliphatic heterocycles. The molecule has 7 nitrogen and oxygen atoms in total. The number of carbonyl (C=O) groups is 1. The first kappa shape index (κ1) is 39.5. The average molecular weight is 753 g/mol. The number of rotatable bonds is 13. The molecule has 1 heterocycles. The topological polar surface area (TPSA) is 84.2 Å². The van der Waals surface area contributed by atoms with E-state index in [9.17, 15) is 9.59 Å². The van der Waals surface area contributed by atoms with E-state index < -0.39 is 0 Å². The zero-order chi connectivity index (χ0) is 38.9. The van der Waals surface area contributed by atoms with Crippen LogP contribution in [0.1, 0.15) is 124 Å². The van der Waals surface area contributed by atoms with E-state index in [0.717, 1.165) is 60.5 Å². The van der Waals surface area contributed by atoms with E-state index in [1.807, 2.05) is 6.92 Å². The number of hydrogen-bond donors (Lipinski definition) is 0. The number of aryl methyl sites for hydroxylation is 1. The van der Waals surface area contributed by atoms with Crippen LogP contribution in [-0.2, 0) is 9.53 Å². The predicted molar refractivity (Wildman–Crippen MR) is 218 cm³/mol. The lowest BCUT2D eigenvalue weighted by atomic mass is 9.44. The number of allylic oxidation sites excluding steroid dienone is 1. The van der Waals surface area contributed by atoms with Crippen molar-refractivity contribution in [1.29, 1.82) is 0 Å². The van der Waals surface area contributed by atoms with Gasteiger partial charge in [0.15, 0.2) is 6.61 Å². The fraction of sp³-hybridized carbons (Fsp3) is 0.625. The molecule has 55 heavy (non-hydrogen) atoms. The van der Waals surface area contributed by atoms with E-state index in [-0.39, 0.29) is 35.3 Å². The number of fused-ring (bicyclic) bond motifs is 6. The molecular weight excluding hydrogens is 689 g/mol. The van der Waals surface area contributed by atoms with Crippen molar-refractivity contribution in [1.82, 2.24) is 0 Å². The van der Waals surface area contributed by atoms with Gasteiger partial charge in [-0.15, -0.1) is 0 Å². The Hall–Kier alpha value is -3.74. The number of carbonyl (C=O) groups excluding carboxylic acids is 1. The smallest absolute Gasteiger partial charge is 0.344 e. The molecule has 0 saturated heterocycles. The van der Waals surface area contributed by atoms with E-state index in [0.29, 0.717) is 40.3 Å². The lowest BCUT2D eigenvalue weighted by Crippen LogP contribution is -2.52. The molecule has 7 heteroatoms. The second-order valence-electron chi connectivity index (χ2n) is 18.4. The van der Waals surface area contributed by atoms with Crippen LogP contribution in [0.3, 0.4) is 0 Å². The summed E-state index contributed by atoms with van der Waals surface area (Å²) in [5.74, 6) is 6.67. The lowest BCUT2D eigenvalue weighted by molar-refractivity contribution is -0.154. The van der Waals surface area contributed by atoms with Crippen LogP contribution in [0.4, 0.5) is 0 Å². The van der Waals surface area contributed by atoms with Gasteiger partial charge in [-0.25, -0.2) is 4.79 Å². The molecule has 0 spiro atoms. The highest BCUT2D eigenvalue weighted by Crippen LogP contribution is 2.65. The molecular formula is C48H64O7. The summed E-state index contributed by atoms with van der Waals surface area (Å²) in [7, 11) is 0. The Morgan fingerprint density at radius 2 is 1.67 bits per heavy atom. The molecule has 2 aromatic carbocycles. The van der Waals surface area contributed by atoms with Gasteiger partial charge >= 0.3 is 5.97 Å². The fourth-order valence-electron chi connectivity index (χ4n) is 11.3. The summed E-state index contributed by atoms with van der Waals surface area (Å²) >= 11 is 0. The summed E-state index contributed by atoms with van der Waals surface area (Å²) in [6, 6.07) is 12.1. The third-order valence-electron chi connectivity index (χ3n) is 14.4. The van der Waals surface area contributed by atoms with Crippen LogP contribution >= 0.6 is 0 Å². The molecule has 4 aliphatic carbocycles. The standard InChI is InChI=1S/C48H64O7/c1-8-51-35-14-16-36(17-15-35)55-46-32(5)53-43-27-37(18-20-40(43)45(46)50)52-29-44(49)54-38-22-25-48(7)34(26-38)13-19-39-41-21-12-33(31(4)11-9-10-30(2)3)28-47(41,6)24-23-42(39)48/h13-18,20,27,30-31,33,38-39,41-42H,8-12,19,21-26,28-29H2,1-7H3/t31-,33+,38+,39+,41-,42+,47-,48+/m1/s1. The first-order chi connectivity index (χ1) is 26.4. The Balaban J connectivity index is 0.925. The van der Waals surface area contributed by atoms with Crippen LogP contribution in [0.5, 0.6) is 23.0 Å². The zero-order valence-corrected chi connectivity index (χ0v) is 34.4. The normalized spacial score (nSPS) is 29.4. The van der Waals surface area contributed by atoms with E-state index >= 15 is 0 Å². The Labute approximate surface area is 328 Å². The summed E-state index contributed by atoms with van der Waals surface area (Å²) in [6.07, 6.45) is 17.5. The molecule has 1 aromatic heterocycles. The minimum absolute atomic E-state index is 0.125. The van der Waals surface area contributed by atoms with Crippen LogP contribution in [0.25, 0.3) is 11.0 Å². The van der Waals surface area contributed by atoms with Crippen molar-refractivity contribution in [3.8, 4) is 23.0 Å². The van der Waals surface area contributed by atoms with Crippen LogP contribution < -0.4 is 19.6 Å². The molecule has 0 amide bonds. The summed E-state index contributed by atoms with van der Waals surface area (Å²) in [5.41, 5.74) is 2.29. The van der Waals surface area contributed by atoms with Crippen LogP contribution in [0.15, 0.2) is 63.3 Å². The van der Waals surface area contributed by atoms with Gasteiger partial charge in [0.05, 0.1) is 12.0 Å². The molecule has 0 radical (unpaired) electrons. The molecule has 7 rings (SSSR count). The SMILES string of the molecule is CCOc1ccc(Oc2c(C)oc3cc(OCC(=O)O[C@H]4CC[C@@]5(C)C(=CC[C@H]6[C@H]7CC[C@H]([C@H](C)CCCC(C)C)C[C@@]7(C)CC[C@@H]65)C4)ccc3c2=O)cc1. The van der Waals surface area contributed by atoms with Crippen LogP contribution in [0, 0.1) is 53.3 Å². The minimum Gasteiger partial charge on any atom is -0.494 e. The predicted octanol–water partition coefficient (Wildman–Crippen LogP) is 12.0. The zero-order valence-electron chi connectivity index (χ0n) is 34.4. The van der Waals surface area contributed by atoms with Gasteiger partial charge in [-0.2, -0.15) is 0 Å². The van der Waals surface area contributed by atoms with Gasteiger partial charge in [-0.05, 0) is 148 Å². The van der Waals surface area contributed by atoms with Gasteiger partial charge in [0.25, 0.3) is 0 Å². The van der Waals surface area contributed by atoms with Gasteiger partial charge in [0.2, 0.25) is 11.2 Å². The maximum Gasteiger partial charge on any atom is 0.344 e. The largest absolute Gasteiger partial charge is 0.494 e. The van der Waals surface area contributed by atoms with E-state index in [1.54, 1.807) is 49.4 Å². The average Bonchev–Trinajstić information content (AvgIpc) is 3.15. The minimum atomic E-state index is -0.372. The Morgan fingerprint density at radius 1 is 0.909 bits per heavy atom. The molecule has 0 bridgehead atoms. The van der Waals surface area contributed by atoms with Crippen molar-refractivity contribution in [3.63, 3.8) is 0 Å². The lowest BCUT2D eigenvalue weighted by Gasteiger charge is -2.61. The second kappa shape index (κ2) is 16.4. The van der Waals surface area contributed by atoms with Gasteiger partial charge < -0.3 is 23.4 Å². The van der Waals surface area contributed by atoms with Crippen molar-refractivity contribution >= 4 is 16.9 Å². The summed E-state index contributed by atoms with van der Waals surface area (Å²) < 4.78 is 29.3. The van der Waals surface area contributed by atoms with E-state index in [2.05, 4.69) is 40.7 Å². The van der Waals surface area contributed by atoms with Gasteiger partial charge in [0.1, 0.15) is 34.7 Å². The van der Waals surface area contributed by atoms with E-state index in [4.69, 9.17) is 23.4 Å². The van der Waals surface area contributed by atoms with Crippen LogP contribution in [-0.4, -0.2) is 25.3 Å². The Kier molecular flexibility index (Phi) is 11.8. The van der Waals surface area contributed by atoms with Gasteiger partial charge in [-0.1, -0.05) is 65.5 Å². The van der Waals surface area contributed by atoms with Crippen molar-refractivity contribution < 1.29 is 28.2 Å². The first-order valence-electron chi connectivity index (χ1n) is 21.4. The molecule has 4 aliphatic rings. The first-order valence-corrected chi connectivity index (χ1v) is 21.4.